The summed E-state index contributed by atoms with van der Waals surface area (Å²) >= 11 is 0. The molecule has 0 saturated heterocycles. The van der Waals surface area contributed by atoms with Crippen molar-refractivity contribution in [3.05, 3.63) is 40.3 Å². The largest absolute Gasteiger partial charge is 0.376 e. The Balaban J connectivity index is 3.76. The van der Waals surface area contributed by atoms with Gasteiger partial charge >= 0.3 is 0 Å². The fourth-order valence-electron chi connectivity index (χ4n) is 0.764. The summed E-state index contributed by atoms with van der Waals surface area (Å²) in [6.45, 7) is 12.3. The van der Waals surface area contributed by atoms with Gasteiger partial charge in [-0.25, -0.2) is 0 Å². The molecule has 0 aliphatic carbocycles. The molecule has 2 nitrogen and oxygen atoms in total. The summed E-state index contributed by atoms with van der Waals surface area (Å²) in [5.74, 6) is 0. The third-order valence-electron chi connectivity index (χ3n) is 1.28. The van der Waals surface area contributed by atoms with E-state index < -0.39 is 0 Å². The molecule has 0 bridgehead atoms. The molecule has 0 aromatic rings. The van der Waals surface area contributed by atoms with E-state index in [1.54, 1.807) is 12.4 Å². The van der Waals surface area contributed by atoms with Crippen LogP contribution in [-0.4, -0.2) is 22.9 Å². The van der Waals surface area contributed by atoms with Crippen LogP contribution in [0.2, 0.25) is 0 Å². The van der Waals surface area contributed by atoms with Gasteiger partial charge in [-0.1, -0.05) is 0 Å². The van der Waals surface area contributed by atoms with Crippen LogP contribution in [0.1, 0.15) is 12.8 Å². The van der Waals surface area contributed by atoms with Gasteiger partial charge in [-0.3, -0.25) is 0 Å². The van der Waals surface area contributed by atoms with Gasteiger partial charge in [0.15, 0.2) is 0 Å². The van der Waals surface area contributed by atoms with E-state index >= 15 is 0 Å². The Kier molecular flexibility index (Phi) is 6.63. The lowest BCUT2D eigenvalue weighted by molar-refractivity contribution is 0.383. The summed E-state index contributed by atoms with van der Waals surface area (Å²) in [6.07, 6.45) is 4.48. The molecule has 0 amide bonds. The van der Waals surface area contributed by atoms with E-state index in [1.165, 1.54) is 0 Å². The smallest absolute Gasteiger partial charge is 0.0738 e. The van der Waals surface area contributed by atoms with Crippen LogP contribution in [-0.2, 0) is 0 Å². The Morgan fingerprint density at radius 1 is 0.917 bits per heavy atom. The van der Waals surface area contributed by atoms with E-state index in [1.807, 2.05) is 4.90 Å². The van der Waals surface area contributed by atoms with Crippen LogP contribution in [0.4, 0.5) is 0 Å². The van der Waals surface area contributed by atoms with Crippen molar-refractivity contribution in [2.24, 2.45) is 0 Å². The van der Waals surface area contributed by atoms with Gasteiger partial charge in [0.2, 0.25) is 0 Å². The number of hydrogen-bond donors (Lipinski definition) is 0. The lowest BCUT2D eigenvalue weighted by atomic mass is 10.4. The minimum absolute atomic E-state index is 0.583. The first-order valence-corrected chi connectivity index (χ1v) is 3.82. The second kappa shape index (κ2) is 7.01. The highest BCUT2D eigenvalue weighted by Crippen LogP contribution is 1.95. The number of rotatable bonds is 6. The molecule has 0 unspecified atom stereocenters. The molecule has 0 fully saturated rings. The van der Waals surface area contributed by atoms with Crippen molar-refractivity contribution in [3.8, 4) is 0 Å². The van der Waals surface area contributed by atoms with Gasteiger partial charge in [0.25, 0.3) is 0 Å². The predicted octanol–water partition coefficient (Wildman–Crippen LogP) is 1.60. The fraction of sp³-hybridized carbons (Fsp3) is 0.400. The third-order valence-corrected chi connectivity index (χ3v) is 1.28. The minimum Gasteiger partial charge on any atom is -0.376 e. The van der Waals surface area contributed by atoms with Crippen molar-refractivity contribution in [2.45, 2.75) is 12.8 Å². The Bertz CT molecular complexity index is 113. The summed E-state index contributed by atoms with van der Waals surface area (Å²) in [6, 6.07) is 0. The molecule has 0 N–H and O–H groups in total. The van der Waals surface area contributed by atoms with Crippen LogP contribution < -0.4 is 0 Å². The lowest BCUT2D eigenvalue weighted by Gasteiger charge is -2.18. The van der Waals surface area contributed by atoms with Crippen LogP contribution >= 0.6 is 0 Å². The van der Waals surface area contributed by atoms with E-state index in [9.17, 15) is 0 Å². The molecule has 64 valence electrons. The van der Waals surface area contributed by atoms with E-state index in [-0.39, 0.29) is 0 Å². The highest BCUT2D eigenvalue weighted by molar-refractivity contribution is 4.83. The minimum atomic E-state index is 0.583. The van der Waals surface area contributed by atoms with E-state index in [2.05, 4.69) is 0 Å². The van der Waals surface area contributed by atoms with Gasteiger partial charge in [-0.2, -0.15) is 0 Å². The summed E-state index contributed by atoms with van der Waals surface area (Å²) in [7, 11) is 10.3. The second-order valence-corrected chi connectivity index (χ2v) is 2.36. The molecule has 12 heavy (non-hydrogen) atoms. The van der Waals surface area contributed by atoms with Crippen molar-refractivity contribution in [2.75, 3.05) is 13.1 Å². The summed E-state index contributed by atoms with van der Waals surface area (Å²) < 4.78 is 0. The van der Waals surface area contributed by atoms with Gasteiger partial charge in [0, 0.05) is 25.5 Å². The molecule has 0 aromatic carbocycles. The molecule has 0 heterocycles. The molecule has 0 aromatic heterocycles. The zero-order valence-corrected chi connectivity index (χ0v) is 7.19. The molecule has 0 atom stereocenters. The van der Waals surface area contributed by atoms with E-state index in [0.717, 1.165) is 18.0 Å². The average molecular weight is 162 g/mol. The normalized spacial score (nSPS) is 10.7. The van der Waals surface area contributed by atoms with E-state index in [0.29, 0.717) is 12.8 Å². The van der Waals surface area contributed by atoms with Gasteiger partial charge < -0.3 is 9.80 Å². The summed E-state index contributed by atoms with van der Waals surface area (Å²) in [4.78, 5) is 2.94. The van der Waals surface area contributed by atoms with Crippen LogP contribution in [0, 0.1) is 27.9 Å². The lowest BCUT2D eigenvalue weighted by Crippen LogP contribution is -2.19. The molecule has 0 aliphatic rings. The van der Waals surface area contributed by atoms with Crippen LogP contribution in [0.5, 0.6) is 0 Å². The predicted molar refractivity (Wildman–Crippen MR) is 49.0 cm³/mol. The zero-order chi connectivity index (χ0) is 9.40. The Morgan fingerprint density at radius 2 is 1.42 bits per heavy atom. The molecule has 0 rings (SSSR count). The quantitative estimate of drug-likeness (QED) is 0.547. The van der Waals surface area contributed by atoms with Crippen molar-refractivity contribution in [1.29, 1.82) is 0 Å². The van der Waals surface area contributed by atoms with Crippen LogP contribution in [0.3, 0.4) is 0 Å². The van der Waals surface area contributed by atoms with Crippen LogP contribution in [0.15, 0.2) is 12.4 Å². The average Bonchev–Trinajstić information content (AvgIpc) is 2.01. The standard InChI is InChI=1S/C10H14N2/c1-5-7-12(8-6-2)10-9-11(3)4/h1-4,9-10H,5-8H2/b10-9+. The zero-order valence-electron chi connectivity index (χ0n) is 7.19. The summed E-state index contributed by atoms with van der Waals surface area (Å²) in [5, 5.41) is 0. The molecular formula is C10H14N2. The van der Waals surface area contributed by atoms with E-state index in [4.69, 9.17) is 27.9 Å². The molecule has 0 aliphatic heterocycles. The summed E-state index contributed by atoms with van der Waals surface area (Å²) in [5.41, 5.74) is 0. The highest BCUT2D eigenvalue weighted by atomic mass is 15.1. The van der Waals surface area contributed by atoms with Gasteiger partial charge in [-0.05, 0) is 26.7 Å². The van der Waals surface area contributed by atoms with Crippen LogP contribution in [0.25, 0.3) is 0 Å². The molecule has 0 spiro atoms. The van der Waals surface area contributed by atoms with Gasteiger partial charge in [-0.15, -0.1) is 0 Å². The highest BCUT2D eigenvalue weighted by Gasteiger charge is 1.94. The first kappa shape index (κ1) is 11.3. The van der Waals surface area contributed by atoms with Crippen molar-refractivity contribution in [1.82, 2.24) is 9.80 Å². The molecule has 2 heteroatoms. The second-order valence-electron chi connectivity index (χ2n) is 2.36. The SMILES string of the molecule is [CH]CCN(/C=C/N([CH])[CH])CC[CH]. The Labute approximate surface area is 76.9 Å². The third kappa shape index (κ3) is 6.08. The fourth-order valence-corrected chi connectivity index (χ4v) is 0.764. The maximum Gasteiger partial charge on any atom is 0.0738 e. The first-order chi connectivity index (χ1) is 5.70. The number of hydrogen-bond acceptors (Lipinski definition) is 2. The maximum atomic E-state index is 5.37. The van der Waals surface area contributed by atoms with Gasteiger partial charge in [0.1, 0.15) is 0 Å². The maximum absolute atomic E-state index is 5.37. The van der Waals surface area contributed by atoms with Crippen molar-refractivity contribution in [3.63, 3.8) is 0 Å². The molecule has 8 radical (unpaired) electrons. The first-order valence-electron chi connectivity index (χ1n) is 3.82. The van der Waals surface area contributed by atoms with Crippen molar-refractivity contribution < 1.29 is 0 Å². The molecular weight excluding hydrogens is 148 g/mol. The van der Waals surface area contributed by atoms with Crippen molar-refractivity contribution >= 4 is 0 Å². The topological polar surface area (TPSA) is 6.48 Å². The molecule has 0 saturated carbocycles. The Morgan fingerprint density at radius 3 is 1.75 bits per heavy atom. The van der Waals surface area contributed by atoms with Gasteiger partial charge in [0.05, 0.1) is 14.1 Å². The Hall–Kier alpha value is -0.660. The number of nitrogens with zero attached hydrogens (tertiary/aromatic N) is 2. The monoisotopic (exact) mass is 162 g/mol.